The third-order valence-electron chi connectivity index (χ3n) is 4.05. The first kappa shape index (κ1) is 13.3. The van der Waals surface area contributed by atoms with Crippen LogP contribution < -0.4 is 5.73 Å². The molecule has 4 aromatic rings. The summed E-state index contributed by atoms with van der Waals surface area (Å²) in [6.45, 7) is 0. The summed E-state index contributed by atoms with van der Waals surface area (Å²) >= 11 is 0. The molecule has 3 heterocycles. The number of aryl methyl sites for hydroxylation is 2. The van der Waals surface area contributed by atoms with Crippen LogP contribution in [0.3, 0.4) is 0 Å². The summed E-state index contributed by atoms with van der Waals surface area (Å²) in [5, 5.41) is 15.0. The molecule has 2 N–H and O–H groups in total. The van der Waals surface area contributed by atoms with Crippen molar-refractivity contribution in [3.63, 3.8) is 0 Å². The zero-order valence-electron chi connectivity index (χ0n) is 12.6. The van der Waals surface area contributed by atoms with Gasteiger partial charge in [0, 0.05) is 37.4 Å². The second-order valence-corrected chi connectivity index (χ2v) is 5.40. The topological polar surface area (TPSA) is 98.3 Å². The Kier molecular flexibility index (Phi) is 2.62. The third-order valence-corrected chi connectivity index (χ3v) is 4.05. The highest BCUT2D eigenvalue weighted by molar-refractivity contribution is 5.96. The predicted molar refractivity (Wildman–Crippen MR) is 87.3 cm³/mol. The van der Waals surface area contributed by atoms with Gasteiger partial charge in [0.15, 0.2) is 0 Å². The first-order chi connectivity index (χ1) is 11.1. The molecular formula is C16H13N7. The molecule has 0 aliphatic rings. The standard InChI is InChI=1S/C16H13N7/c1-22-15-10(7-17)5-9(6-12(15)20-16(22)18)14-11-8-19-4-3-13(11)23(2)21-14/h3-6,8H,1-2H3,(H2,18,20). The Morgan fingerprint density at radius 2 is 2.09 bits per heavy atom. The van der Waals surface area contributed by atoms with Crippen molar-refractivity contribution in [3.8, 4) is 17.3 Å². The predicted octanol–water partition coefficient (Wildman–Crippen LogP) is 1.98. The van der Waals surface area contributed by atoms with Crippen LogP contribution in [-0.4, -0.2) is 24.3 Å². The number of nitriles is 1. The number of nitrogen functional groups attached to an aromatic ring is 1. The van der Waals surface area contributed by atoms with Gasteiger partial charge < -0.3 is 10.3 Å². The lowest BCUT2D eigenvalue weighted by Gasteiger charge is -2.02. The van der Waals surface area contributed by atoms with E-state index < -0.39 is 0 Å². The number of hydrogen-bond acceptors (Lipinski definition) is 5. The van der Waals surface area contributed by atoms with Crippen molar-refractivity contribution in [1.29, 1.82) is 5.26 Å². The Bertz CT molecular complexity index is 1110. The van der Waals surface area contributed by atoms with Gasteiger partial charge in [-0.3, -0.25) is 9.67 Å². The number of nitrogens with two attached hydrogens (primary N) is 1. The van der Waals surface area contributed by atoms with Crippen LogP contribution in [-0.2, 0) is 14.1 Å². The van der Waals surface area contributed by atoms with Crippen molar-refractivity contribution >= 4 is 27.9 Å². The third kappa shape index (κ3) is 1.78. The molecule has 112 valence electrons. The van der Waals surface area contributed by atoms with Crippen molar-refractivity contribution in [1.82, 2.24) is 24.3 Å². The highest BCUT2D eigenvalue weighted by Gasteiger charge is 2.16. The molecule has 4 rings (SSSR count). The van der Waals surface area contributed by atoms with Crippen molar-refractivity contribution < 1.29 is 0 Å². The normalized spacial score (nSPS) is 11.2. The van der Waals surface area contributed by atoms with Crippen molar-refractivity contribution in [3.05, 3.63) is 36.2 Å². The Morgan fingerprint density at radius 1 is 1.26 bits per heavy atom. The number of pyridine rings is 1. The minimum atomic E-state index is 0.376. The molecule has 0 aliphatic heterocycles. The monoisotopic (exact) mass is 303 g/mol. The van der Waals surface area contributed by atoms with Gasteiger partial charge in [0.05, 0.1) is 22.1 Å². The van der Waals surface area contributed by atoms with Gasteiger partial charge in [0.2, 0.25) is 5.95 Å². The van der Waals surface area contributed by atoms with E-state index in [-0.39, 0.29) is 0 Å². The summed E-state index contributed by atoms with van der Waals surface area (Å²) in [6, 6.07) is 7.86. The van der Waals surface area contributed by atoms with Crippen molar-refractivity contribution in [2.45, 2.75) is 0 Å². The SMILES string of the molecule is Cn1nc(-c2cc(C#N)c3c(c2)nc(N)n3C)c2cnccc21. The van der Waals surface area contributed by atoms with Gasteiger partial charge in [-0.15, -0.1) is 0 Å². The van der Waals surface area contributed by atoms with Crippen LogP contribution in [0.4, 0.5) is 5.95 Å². The number of imidazole rings is 1. The second kappa shape index (κ2) is 4.55. The molecule has 0 saturated heterocycles. The number of hydrogen-bond donors (Lipinski definition) is 1. The van der Waals surface area contributed by atoms with E-state index in [0.717, 1.165) is 27.7 Å². The summed E-state index contributed by atoms with van der Waals surface area (Å²) < 4.78 is 3.52. The number of fused-ring (bicyclic) bond motifs is 2. The molecule has 3 aromatic heterocycles. The van der Waals surface area contributed by atoms with Gasteiger partial charge in [-0.2, -0.15) is 10.4 Å². The Labute approximate surface area is 131 Å². The fourth-order valence-corrected chi connectivity index (χ4v) is 2.91. The fraction of sp³-hybridized carbons (Fsp3) is 0.125. The highest BCUT2D eigenvalue weighted by atomic mass is 15.3. The maximum atomic E-state index is 9.49. The molecule has 0 amide bonds. The molecule has 7 nitrogen and oxygen atoms in total. The summed E-state index contributed by atoms with van der Waals surface area (Å²) in [6.07, 6.45) is 3.51. The molecule has 0 spiro atoms. The lowest BCUT2D eigenvalue weighted by molar-refractivity contribution is 0.800. The lowest BCUT2D eigenvalue weighted by atomic mass is 10.0. The van der Waals surface area contributed by atoms with E-state index in [9.17, 15) is 5.26 Å². The first-order valence-electron chi connectivity index (χ1n) is 7.03. The number of anilines is 1. The van der Waals surface area contributed by atoms with E-state index in [4.69, 9.17) is 5.73 Å². The van der Waals surface area contributed by atoms with Crippen LogP contribution in [0.2, 0.25) is 0 Å². The molecule has 1 aromatic carbocycles. The van der Waals surface area contributed by atoms with Crippen LogP contribution in [0.5, 0.6) is 0 Å². The summed E-state index contributed by atoms with van der Waals surface area (Å²) in [7, 11) is 3.68. The van der Waals surface area contributed by atoms with E-state index >= 15 is 0 Å². The summed E-state index contributed by atoms with van der Waals surface area (Å²) in [5.74, 6) is 0.376. The maximum absolute atomic E-state index is 9.49. The summed E-state index contributed by atoms with van der Waals surface area (Å²) in [5.41, 5.74) is 10.4. The highest BCUT2D eigenvalue weighted by Crippen LogP contribution is 2.31. The Balaban J connectivity index is 2.08. The first-order valence-corrected chi connectivity index (χ1v) is 7.03. The Hall–Kier alpha value is -3.40. The van der Waals surface area contributed by atoms with Crippen molar-refractivity contribution in [2.24, 2.45) is 14.1 Å². The second-order valence-electron chi connectivity index (χ2n) is 5.40. The van der Waals surface area contributed by atoms with Crippen molar-refractivity contribution in [2.75, 3.05) is 5.73 Å². The zero-order chi connectivity index (χ0) is 16.1. The molecule has 0 unspecified atom stereocenters. The van der Waals surface area contributed by atoms with Gasteiger partial charge in [-0.25, -0.2) is 4.98 Å². The molecule has 0 aliphatic carbocycles. The maximum Gasteiger partial charge on any atom is 0.200 e. The molecule has 0 bridgehead atoms. The molecular weight excluding hydrogens is 290 g/mol. The quantitative estimate of drug-likeness (QED) is 0.579. The van der Waals surface area contributed by atoms with Crippen LogP contribution >= 0.6 is 0 Å². The van der Waals surface area contributed by atoms with Crippen LogP contribution in [0.1, 0.15) is 5.56 Å². The number of benzene rings is 1. The molecule has 23 heavy (non-hydrogen) atoms. The fourth-order valence-electron chi connectivity index (χ4n) is 2.91. The molecule has 0 saturated carbocycles. The largest absolute Gasteiger partial charge is 0.369 e. The molecule has 7 heteroatoms. The average molecular weight is 303 g/mol. The zero-order valence-corrected chi connectivity index (χ0v) is 12.6. The minimum absolute atomic E-state index is 0.376. The number of aromatic nitrogens is 5. The van der Waals surface area contributed by atoms with Gasteiger partial charge in [0.25, 0.3) is 0 Å². The van der Waals surface area contributed by atoms with E-state index in [1.54, 1.807) is 28.7 Å². The molecule has 0 radical (unpaired) electrons. The van der Waals surface area contributed by atoms with E-state index in [1.165, 1.54) is 0 Å². The smallest absolute Gasteiger partial charge is 0.200 e. The summed E-state index contributed by atoms with van der Waals surface area (Å²) in [4.78, 5) is 8.51. The van der Waals surface area contributed by atoms with Crippen LogP contribution in [0.25, 0.3) is 33.2 Å². The average Bonchev–Trinajstić information content (AvgIpc) is 3.05. The van der Waals surface area contributed by atoms with E-state index in [1.807, 2.05) is 25.2 Å². The molecule has 0 fully saturated rings. The number of rotatable bonds is 1. The molecule has 0 atom stereocenters. The van der Waals surface area contributed by atoms with Gasteiger partial charge in [-0.1, -0.05) is 0 Å². The van der Waals surface area contributed by atoms with Crippen LogP contribution in [0.15, 0.2) is 30.6 Å². The van der Waals surface area contributed by atoms with Gasteiger partial charge >= 0.3 is 0 Å². The Morgan fingerprint density at radius 3 is 2.87 bits per heavy atom. The van der Waals surface area contributed by atoms with Gasteiger partial charge in [0.1, 0.15) is 11.8 Å². The minimum Gasteiger partial charge on any atom is -0.369 e. The van der Waals surface area contributed by atoms with Crippen LogP contribution in [0, 0.1) is 11.3 Å². The van der Waals surface area contributed by atoms with E-state index in [0.29, 0.717) is 17.0 Å². The number of nitrogens with zero attached hydrogens (tertiary/aromatic N) is 6. The van der Waals surface area contributed by atoms with Gasteiger partial charge in [-0.05, 0) is 18.2 Å². The van der Waals surface area contributed by atoms with E-state index in [2.05, 4.69) is 21.1 Å². The lowest BCUT2D eigenvalue weighted by Crippen LogP contribution is -1.97.